The van der Waals surface area contributed by atoms with Crippen LogP contribution in [0.2, 0.25) is 0 Å². The van der Waals surface area contributed by atoms with Crippen LogP contribution in [0.5, 0.6) is 5.75 Å². The maximum absolute atomic E-state index is 11.7. The molecular formula is C14H12N4O3. The number of hydrogen-bond acceptors (Lipinski definition) is 6. The molecule has 3 aromatic rings. The summed E-state index contributed by atoms with van der Waals surface area (Å²) in [5, 5.41) is 18.5. The van der Waals surface area contributed by atoms with Gasteiger partial charge in [-0.1, -0.05) is 12.1 Å². The van der Waals surface area contributed by atoms with Crippen molar-refractivity contribution in [1.29, 1.82) is 0 Å². The van der Waals surface area contributed by atoms with E-state index in [4.69, 9.17) is 10.5 Å². The summed E-state index contributed by atoms with van der Waals surface area (Å²) >= 11 is 0. The number of rotatable bonds is 3. The van der Waals surface area contributed by atoms with Gasteiger partial charge in [-0.05, 0) is 30.3 Å². The van der Waals surface area contributed by atoms with E-state index in [-0.39, 0.29) is 23.7 Å². The largest absolute Gasteiger partial charge is 0.506 e. The van der Waals surface area contributed by atoms with Gasteiger partial charge in [-0.3, -0.25) is 5.73 Å². The van der Waals surface area contributed by atoms with E-state index in [1.807, 2.05) is 24.3 Å². The lowest BCUT2D eigenvalue weighted by Gasteiger charge is -2.06. The van der Waals surface area contributed by atoms with E-state index in [1.165, 1.54) is 23.0 Å². The number of aromatic hydroxyl groups is 1. The number of carbonyl (C=O) groups is 1. The minimum Gasteiger partial charge on any atom is -0.506 e. The highest BCUT2D eigenvalue weighted by molar-refractivity contribution is 5.90. The van der Waals surface area contributed by atoms with E-state index < -0.39 is 5.97 Å². The monoisotopic (exact) mass is 284 g/mol. The number of nitrogens with two attached hydrogens (primary N) is 1. The van der Waals surface area contributed by atoms with Gasteiger partial charge in [0.2, 0.25) is 0 Å². The van der Waals surface area contributed by atoms with Crippen molar-refractivity contribution in [2.45, 2.75) is 0 Å². The predicted molar refractivity (Wildman–Crippen MR) is 75.0 cm³/mol. The molecule has 0 amide bonds. The molecule has 1 heterocycles. The quantitative estimate of drug-likeness (QED) is 0.553. The number of phenols is 1. The van der Waals surface area contributed by atoms with Crippen LogP contribution in [-0.2, 0) is 4.74 Å². The predicted octanol–water partition coefficient (Wildman–Crippen LogP) is 1.20. The second-order valence-corrected chi connectivity index (χ2v) is 4.28. The number of aromatic nitrogens is 3. The van der Waals surface area contributed by atoms with E-state index in [0.29, 0.717) is 11.0 Å². The number of phenolic OH excluding ortho intramolecular Hbond substituents is 1. The molecule has 0 spiro atoms. The molecule has 7 nitrogen and oxygen atoms in total. The van der Waals surface area contributed by atoms with E-state index >= 15 is 0 Å². The van der Waals surface area contributed by atoms with E-state index in [0.717, 1.165) is 0 Å². The first-order chi connectivity index (χ1) is 10.2. The topological polar surface area (TPSA) is 103 Å². The summed E-state index contributed by atoms with van der Waals surface area (Å²) < 4.78 is 4.72. The summed E-state index contributed by atoms with van der Waals surface area (Å²) in [4.78, 5) is 13.0. The third-order valence-electron chi connectivity index (χ3n) is 2.93. The molecule has 0 radical (unpaired) electrons. The van der Waals surface area contributed by atoms with Crippen LogP contribution < -0.4 is 5.73 Å². The number of nitrogens with zero attached hydrogens (tertiary/aromatic N) is 3. The molecule has 0 fully saturated rings. The Hall–Kier alpha value is -2.93. The SMILES string of the molecule is NCOC(=O)c1ccc(O)c(-n2nc3ccccc3n2)c1. The van der Waals surface area contributed by atoms with Crippen LogP contribution in [-0.4, -0.2) is 32.8 Å². The van der Waals surface area contributed by atoms with Gasteiger partial charge in [0, 0.05) is 0 Å². The van der Waals surface area contributed by atoms with Crippen LogP contribution in [0.1, 0.15) is 10.4 Å². The van der Waals surface area contributed by atoms with Crippen molar-refractivity contribution in [3.8, 4) is 11.4 Å². The lowest BCUT2D eigenvalue weighted by Crippen LogP contribution is -2.12. The fourth-order valence-corrected chi connectivity index (χ4v) is 1.94. The maximum atomic E-state index is 11.7. The Labute approximate surface area is 119 Å². The second kappa shape index (κ2) is 5.22. The summed E-state index contributed by atoms with van der Waals surface area (Å²) in [6, 6.07) is 11.6. The third-order valence-corrected chi connectivity index (χ3v) is 2.93. The maximum Gasteiger partial charge on any atom is 0.339 e. The van der Waals surface area contributed by atoms with Crippen LogP contribution in [0.15, 0.2) is 42.5 Å². The lowest BCUT2D eigenvalue weighted by atomic mass is 10.2. The normalized spacial score (nSPS) is 10.7. The van der Waals surface area contributed by atoms with Crippen LogP contribution in [0.3, 0.4) is 0 Å². The molecule has 3 rings (SSSR count). The number of ether oxygens (including phenoxy) is 1. The molecule has 0 bridgehead atoms. The van der Waals surface area contributed by atoms with E-state index in [9.17, 15) is 9.90 Å². The molecule has 1 aromatic heterocycles. The Morgan fingerprint density at radius 1 is 1.19 bits per heavy atom. The van der Waals surface area contributed by atoms with Gasteiger partial charge < -0.3 is 9.84 Å². The molecule has 0 aliphatic heterocycles. The second-order valence-electron chi connectivity index (χ2n) is 4.28. The Morgan fingerprint density at radius 2 is 1.86 bits per heavy atom. The molecule has 0 saturated carbocycles. The zero-order valence-corrected chi connectivity index (χ0v) is 10.9. The van der Waals surface area contributed by atoms with Gasteiger partial charge in [0.25, 0.3) is 0 Å². The molecule has 7 heteroatoms. The van der Waals surface area contributed by atoms with Crippen LogP contribution in [0.25, 0.3) is 16.7 Å². The van der Waals surface area contributed by atoms with Gasteiger partial charge in [0.05, 0.1) is 5.56 Å². The highest BCUT2D eigenvalue weighted by atomic mass is 16.5. The summed E-state index contributed by atoms with van der Waals surface area (Å²) in [6.45, 7) is -0.209. The Balaban J connectivity index is 2.08. The van der Waals surface area contributed by atoms with Crippen molar-refractivity contribution in [2.24, 2.45) is 5.73 Å². The minimum atomic E-state index is -0.574. The average molecular weight is 284 g/mol. The molecule has 21 heavy (non-hydrogen) atoms. The molecule has 0 aliphatic carbocycles. The number of esters is 1. The van der Waals surface area contributed by atoms with Crippen molar-refractivity contribution >= 4 is 17.0 Å². The summed E-state index contributed by atoms with van der Waals surface area (Å²) in [6.07, 6.45) is 0. The molecule has 0 aliphatic rings. The Kier molecular flexibility index (Phi) is 3.25. The zero-order chi connectivity index (χ0) is 14.8. The van der Waals surface area contributed by atoms with E-state index in [1.54, 1.807) is 0 Å². The van der Waals surface area contributed by atoms with Crippen molar-refractivity contribution in [3.63, 3.8) is 0 Å². The lowest BCUT2D eigenvalue weighted by molar-refractivity contribution is 0.0515. The Morgan fingerprint density at radius 3 is 2.48 bits per heavy atom. The fraction of sp³-hybridized carbons (Fsp3) is 0.0714. The number of carbonyl (C=O) groups excluding carboxylic acids is 1. The highest BCUT2D eigenvalue weighted by Crippen LogP contribution is 2.23. The fourth-order valence-electron chi connectivity index (χ4n) is 1.94. The average Bonchev–Trinajstić information content (AvgIpc) is 2.91. The van der Waals surface area contributed by atoms with Crippen LogP contribution in [0, 0.1) is 0 Å². The van der Waals surface area contributed by atoms with Crippen molar-refractivity contribution in [1.82, 2.24) is 15.0 Å². The summed E-state index contributed by atoms with van der Waals surface area (Å²) in [5.41, 5.74) is 7.10. The van der Waals surface area contributed by atoms with E-state index in [2.05, 4.69) is 10.2 Å². The zero-order valence-electron chi connectivity index (χ0n) is 10.9. The first kappa shape index (κ1) is 13.1. The molecule has 0 saturated heterocycles. The molecular weight excluding hydrogens is 272 g/mol. The third kappa shape index (κ3) is 2.41. The Bertz CT molecular complexity index is 780. The first-order valence-corrected chi connectivity index (χ1v) is 6.21. The molecule has 0 unspecified atom stereocenters. The molecule has 106 valence electrons. The van der Waals surface area contributed by atoms with Gasteiger partial charge in [-0.15, -0.1) is 15.0 Å². The molecule has 2 aromatic carbocycles. The van der Waals surface area contributed by atoms with Crippen LogP contribution >= 0.6 is 0 Å². The molecule has 3 N–H and O–H groups in total. The summed E-state index contributed by atoms with van der Waals surface area (Å²) in [7, 11) is 0. The van der Waals surface area contributed by atoms with Crippen LogP contribution in [0.4, 0.5) is 0 Å². The van der Waals surface area contributed by atoms with Gasteiger partial charge >= 0.3 is 5.97 Å². The minimum absolute atomic E-state index is 0.0420. The highest BCUT2D eigenvalue weighted by Gasteiger charge is 2.13. The van der Waals surface area contributed by atoms with Gasteiger partial charge in [0.1, 0.15) is 29.2 Å². The van der Waals surface area contributed by atoms with Gasteiger partial charge in [0.15, 0.2) is 0 Å². The summed E-state index contributed by atoms with van der Waals surface area (Å²) in [5.74, 6) is -0.616. The first-order valence-electron chi connectivity index (χ1n) is 6.21. The number of hydrogen-bond donors (Lipinski definition) is 2. The van der Waals surface area contributed by atoms with Crippen molar-refractivity contribution in [2.75, 3.05) is 6.73 Å². The van der Waals surface area contributed by atoms with Gasteiger partial charge in [-0.2, -0.15) is 0 Å². The smallest absolute Gasteiger partial charge is 0.339 e. The van der Waals surface area contributed by atoms with Crippen molar-refractivity contribution < 1.29 is 14.6 Å². The number of fused-ring (bicyclic) bond motifs is 1. The van der Waals surface area contributed by atoms with Crippen molar-refractivity contribution in [3.05, 3.63) is 48.0 Å². The standard InChI is InChI=1S/C14H12N4O3/c15-8-21-14(20)9-5-6-13(19)12(7-9)18-16-10-3-1-2-4-11(10)17-18/h1-7,19H,8,15H2. The van der Waals surface area contributed by atoms with Gasteiger partial charge in [-0.25, -0.2) is 4.79 Å². The molecule has 0 atom stereocenters. The number of benzene rings is 2.